The standard InChI is InChI=1S/C34H33F3N6O2/c1-4-24-27(36)8-5-19-11-23(44)12-25(28(19)24)30-29(37)31-26(14-38-30)32(43-15-21-6-7-22(16-43)39-21)41-33(40-31)45-18-34(2)17-42(3)10-9-20(34)13-35/h1,5,8,11-14,21-22,39,44H,6-7,9-10,15-18H2,2-3H3/b20-13+/t21-,22+,34-/m0/s1/i3D3. The van der Waals surface area contributed by atoms with E-state index in [1.807, 2.05) is 4.90 Å². The molecule has 0 radical (unpaired) electrons. The van der Waals surface area contributed by atoms with E-state index < -0.39 is 24.0 Å². The number of phenolic OH excluding ortho intramolecular Hbond substituents is 1. The number of nitrogens with zero attached hydrogens (tertiary/aromatic N) is 5. The molecule has 0 spiro atoms. The average molecular weight is 618 g/mol. The van der Waals surface area contributed by atoms with Crippen LogP contribution in [0.2, 0.25) is 0 Å². The number of aromatic hydroxyl groups is 1. The molecule has 232 valence electrons. The predicted molar refractivity (Wildman–Crippen MR) is 167 cm³/mol. The van der Waals surface area contributed by atoms with E-state index in [9.17, 15) is 13.9 Å². The molecule has 11 heteroatoms. The zero-order valence-electron chi connectivity index (χ0n) is 27.6. The Bertz CT molecular complexity index is 2010. The maximum Gasteiger partial charge on any atom is 0.319 e. The quantitative estimate of drug-likeness (QED) is 0.291. The monoisotopic (exact) mass is 617 g/mol. The lowest BCUT2D eigenvalue weighted by atomic mass is 9.78. The zero-order chi connectivity index (χ0) is 34.0. The van der Waals surface area contributed by atoms with E-state index >= 15 is 4.39 Å². The van der Waals surface area contributed by atoms with Crippen LogP contribution in [0.4, 0.5) is 19.0 Å². The van der Waals surface area contributed by atoms with Crippen molar-refractivity contribution in [3.05, 3.63) is 59.6 Å². The van der Waals surface area contributed by atoms with Gasteiger partial charge in [-0.2, -0.15) is 9.97 Å². The summed E-state index contributed by atoms with van der Waals surface area (Å²) in [5, 5.41) is 15.0. The number of pyridine rings is 1. The van der Waals surface area contributed by atoms with Crippen molar-refractivity contribution in [3.63, 3.8) is 0 Å². The van der Waals surface area contributed by atoms with Crippen molar-refractivity contribution in [1.29, 1.82) is 0 Å². The van der Waals surface area contributed by atoms with Crippen molar-refractivity contribution in [2.45, 2.75) is 38.3 Å². The van der Waals surface area contributed by atoms with Crippen LogP contribution in [0.1, 0.15) is 35.9 Å². The molecule has 0 amide bonds. The van der Waals surface area contributed by atoms with Crippen LogP contribution in [0.25, 0.3) is 32.9 Å². The van der Waals surface area contributed by atoms with Crippen LogP contribution in [0.15, 0.2) is 42.4 Å². The number of hydrogen-bond acceptors (Lipinski definition) is 8. The minimum absolute atomic E-state index is 0.00191. The smallest absolute Gasteiger partial charge is 0.319 e. The molecule has 3 fully saturated rings. The van der Waals surface area contributed by atoms with E-state index in [0.29, 0.717) is 41.6 Å². The molecule has 3 aliphatic heterocycles. The summed E-state index contributed by atoms with van der Waals surface area (Å²) in [5.41, 5.74) is -0.996. The number of terminal acetylenes is 1. The second-order valence-corrected chi connectivity index (χ2v) is 12.4. The Balaban J connectivity index is 1.36. The van der Waals surface area contributed by atoms with Crippen molar-refractivity contribution in [1.82, 2.24) is 25.2 Å². The molecule has 2 N–H and O–H groups in total. The van der Waals surface area contributed by atoms with Crippen LogP contribution in [0.5, 0.6) is 11.8 Å². The molecule has 3 aliphatic rings. The molecule has 7 rings (SSSR count). The Kier molecular flexibility index (Phi) is 6.44. The number of fused-ring (bicyclic) bond motifs is 4. The van der Waals surface area contributed by atoms with E-state index in [1.165, 1.54) is 35.4 Å². The van der Waals surface area contributed by atoms with Crippen molar-refractivity contribution < 1.29 is 27.1 Å². The summed E-state index contributed by atoms with van der Waals surface area (Å²) in [4.78, 5) is 17.0. The van der Waals surface area contributed by atoms with Gasteiger partial charge in [-0.05, 0) is 55.4 Å². The maximum atomic E-state index is 16.8. The molecule has 5 heterocycles. The third kappa shape index (κ3) is 5.12. The van der Waals surface area contributed by atoms with Crippen molar-refractivity contribution in [2.24, 2.45) is 5.41 Å². The first-order chi connectivity index (χ1) is 22.9. The largest absolute Gasteiger partial charge is 0.508 e. The van der Waals surface area contributed by atoms with Crippen LogP contribution >= 0.6 is 0 Å². The van der Waals surface area contributed by atoms with Crippen LogP contribution < -0.4 is 15.0 Å². The number of piperazine rings is 1. The SMILES string of the molecule is [2H]C([2H])([2H])N1CC/C(=C\F)[C@](C)(COc2nc(N3C[C@H]4CC[C@@H](C3)N4)c3cnc(-c4cc(O)cc5ccc(F)c(C#C)c45)c(F)c3n2)C1. The molecule has 4 aromatic rings. The molecule has 0 saturated carbocycles. The van der Waals surface area contributed by atoms with Gasteiger partial charge in [0.2, 0.25) is 0 Å². The highest BCUT2D eigenvalue weighted by Crippen LogP contribution is 2.40. The molecule has 3 saturated heterocycles. The summed E-state index contributed by atoms with van der Waals surface area (Å²) in [6, 6.07) is 5.56. The summed E-state index contributed by atoms with van der Waals surface area (Å²) in [6.45, 7) is 0.545. The summed E-state index contributed by atoms with van der Waals surface area (Å²) in [6.07, 6.45) is 9.77. The summed E-state index contributed by atoms with van der Waals surface area (Å²) >= 11 is 0. The molecule has 3 atom stereocenters. The van der Waals surface area contributed by atoms with E-state index in [1.54, 1.807) is 6.92 Å². The van der Waals surface area contributed by atoms with Crippen molar-refractivity contribution >= 4 is 27.5 Å². The molecular weight excluding hydrogens is 581 g/mol. The number of ether oxygens (including phenoxy) is 1. The van der Waals surface area contributed by atoms with Crippen LogP contribution in [0, 0.1) is 29.4 Å². The number of rotatable bonds is 5. The third-order valence-electron chi connectivity index (χ3n) is 9.23. The van der Waals surface area contributed by atoms with Gasteiger partial charge in [-0.15, -0.1) is 6.42 Å². The van der Waals surface area contributed by atoms with Crippen LogP contribution in [0.3, 0.4) is 0 Å². The predicted octanol–water partition coefficient (Wildman–Crippen LogP) is 5.32. The number of likely N-dealkylation sites (tertiary alicyclic amines) is 1. The van der Waals surface area contributed by atoms with Gasteiger partial charge in [-0.1, -0.05) is 18.9 Å². The summed E-state index contributed by atoms with van der Waals surface area (Å²) in [7, 11) is 0. The number of anilines is 1. The molecule has 2 aromatic carbocycles. The summed E-state index contributed by atoms with van der Waals surface area (Å²) in [5.74, 6) is 1.01. The van der Waals surface area contributed by atoms with E-state index in [4.69, 9.17) is 20.3 Å². The highest BCUT2D eigenvalue weighted by molar-refractivity contribution is 6.03. The molecule has 8 nitrogen and oxygen atoms in total. The highest BCUT2D eigenvalue weighted by atomic mass is 19.1. The van der Waals surface area contributed by atoms with Gasteiger partial charge in [0.1, 0.15) is 35.2 Å². The number of phenols is 1. The van der Waals surface area contributed by atoms with Gasteiger partial charge < -0.3 is 25.0 Å². The Hall–Kier alpha value is -4.40. The first-order valence-electron chi connectivity index (χ1n) is 16.4. The summed E-state index contributed by atoms with van der Waals surface area (Å²) < 4.78 is 75.5. The first kappa shape index (κ1) is 25.9. The lowest BCUT2D eigenvalue weighted by Crippen LogP contribution is -2.51. The number of piperidine rings is 1. The van der Waals surface area contributed by atoms with Gasteiger partial charge in [-0.3, -0.25) is 4.98 Å². The van der Waals surface area contributed by atoms with Gasteiger partial charge in [0, 0.05) is 64.9 Å². The number of hydrogen-bond donors (Lipinski definition) is 2. The third-order valence-corrected chi connectivity index (χ3v) is 9.23. The molecule has 0 unspecified atom stereocenters. The van der Waals surface area contributed by atoms with Gasteiger partial charge in [0.05, 0.1) is 17.3 Å². The Morgan fingerprint density at radius 3 is 2.78 bits per heavy atom. The number of halogens is 3. The average Bonchev–Trinajstić information content (AvgIpc) is 3.40. The molecule has 45 heavy (non-hydrogen) atoms. The highest BCUT2D eigenvalue weighted by Gasteiger charge is 2.37. The number of nitrogens with one attached hydrogen (secondary N) is 1. The molecular formula is C34H33F3N6O2. The fourth-order valence-electron chi connectivity index (χ4n) is 6.95. The number of benzene rings is 2. The normalized spacial score (nSPS) is 25.7. The van der Waals surface area contributed by atoms with Gasteiger partial charge in [0.15, 0.2) is 5.82 Å². The second kappa shape index (κ2) is 11.2. The molecule has 2 aromatic heterocycles. The van der Waals surface area contributed by atoms with E-state index in [0.717, 1.165) is 12.8 Å². The lowest BCUT2D eigenvalue weighted by Gasteiger charge is -2.40. The minimum atomic E-state index is -2.37. The van der Waals surface area contributed by atoms with Gasteiger partial charge in [-0.25, -0.2) is 13.2 Å². The second-order valence-electron chi connectivity index (χ2n) is 12.4. The first-order valence-corrected chi connectivity index (χ1v) is 14.9. The van der Waals surface area contributed by atoms with Crippen LogP contribution in [-0.4, -0.2) is 76.8 Å². The Morgan fingerprint density at radius 2 is 2.04 bits per heavy atom. The Labute approximate surface area is 263 Å². The van der Waals surface area contributed by atoms with Crippen LogP contribution in [-0.2, 0) is 0 Å². The fraction of sp³-hybridized carbons (Fsp3) is 0.382. The van der Waals surface area contributed by atoms with Gasteiger partial charge in [0.25, 0.3) is 0 Å². The topological polar surface area (TPSA) is 86.6 Å². The van der Waals surface area contributed by atoms with Crippen molar-refractivity contribution in [3.8, 4) is 35.4 Å². The maximum absolute atomic E-state index is 16.8. The van der Waals surface area contributed by atoms with E-state index in [2.05, 4.69) is 21.2 Å². The number of aromatic nitrogens is 3. The fourth-order valence-corrected chi connectivity index (χ4v) is 6.95. The lowest BCUT2D eigenvalue weighted by molar-refractivity contribution is 0.109. The minimum Gasteiger partial charge on any atom is -0.508 e. The van der Waals surface area contributed by atoms with Gasteiger partial charge >= 0.3 is 6.01 Å². The van der Waals surface area contributed by atoms with Crippen molar-refractivity contribution in [2.75, 3.05) is 44.7 Å². The zero-order valence-corrected chi connectivity index (χ0v) is 24.6. The van der Waals surface area contributed by atoms with E-state index in [-0.39, 0.29) is 77.7 Å². The molecule has 2 bridgehead atoms. The molecule has 0 aliphatic carbocycles. The Morgan fingerprint density at radius 1 is 1.24 bits per heavy atom.